The average Bonchev–Trinajstić information content (AvgIpc) is 3.17. The van der Waals surface area contributed by atoms with Gasteiger partial charge in [0.1, 0.15) is 6.61 Å². The van der Waals surface area contributed by atoms with Crippen molar-refractivity contribution in [2.24, 2.45) is 0 Å². The molecule has 0 radical (unpaired) electrons. The van der Waals surface area contributed by atoms with E-state index in [1.807, 2.05) is 18.2 Å². The molecule has 1 N–H and O–H groups in total. The number of morpholine rings is 1. The molecule has 1 aliphatic heterocycles. The highest BCUT2D eigenvalue weighted by atomic mass is 32.2. The third-order valence-electron chi connectivity index (χ3n) is 4.54. The number of hydrogen-bond donors (Lipinski definition) is 1. The highest BCUT2D eigenvalue weighted by Crippen LogP contribution is 2.20. The molecule has 9 heteroatoms. The lowest BCUT2D eigenvalue weighted by molar-refractivity contribution is 0.0467. The molecule has 2 heterocycles. The van der Waals surface area contributed by atoms with Crippen LogP contribution in [0.4, 0.5) is 0 Å². The lowest BCUT2D eigenvalue weighted by atomic mass is 10.2. The summed E-state index contributed by atoms with van der Waals surface area (Å²) in [5.41, 5.74) is 1.53. The minimum absolute atomic E-state index is 0.0491. The molecule has 0 saturated carbocycles. The molecule has 0 atom stereocenters. The number of fused-ring (bicyclic) bond motifs is 1. The summed E-state index contributed by atoms with van der Waals surface area (Å²) in [6, 6.07) is 13.7. The zero-order chi connectivity index (χ0) is 19.6. The normalized spacial score (nSPS) is 15.6. The third kappa shape index (κ3) is 3.64. The van der Waals surface area contributed by atoms with Crippen molar-refractivity contribution >= 4 is 26.9 Å². The Morgan fingerprint density at radius 3 is 2.75 bits per heavy atom. The van der Waals surface area contributed by atoms with Gasteiger partial charge in [0.15, 0.2) is 5.69 Å². The molecule has 0 spiro atoms. The van der Waals surface area contributed by atoms with Crippen LogP contribution < -0.4 is 0 Å². The van der Waals surface area contributed by atoms with Gasteiger partial charge in [-0.15, -0.1) is 0 Å². The standard InChI is InChI=1S/C19H19N3O5S/c23-19(18-16-6-1-2-7-17(16)20-21-18)27-13-14-4-3-5-15(12-14)28(24,25)22-8-10-26-11-9-22/h1-7,12H,8-11,13H2,(H,20,21). The number of aromatic amines is 1. The van der Waals surface area contributed by atoms with Crippen LogP contribution in [0, 0.1) is 0 Å². The van der Waals surface area contributed by atoms with Crippen molar-refractivity contribution in [1.29, 1.82) is 0 Å². The van der Waals surface area contributed by atoms with Gasteiger partial charge in [0.2, 0.25) is 10.0 Å². The molecule has 2 aromatic carbocycles. The third-order valence-corrected chi connectivity index (χ3v) is 6.43. The fourth-order valence-corrected chi connectivity index (χ4v) is 4.55. The fourth-order valence-electron chi connectivity index (χ4n) is 3.07. The monoisotopic (exact) mass is 401 g/mol. The van der Waals surface area contributed by atoms with Gasteiger partial charge in [-0.2, -0.15) is 9.40 Å². The molecule has 146 valence electrons. The number of H-pyrrole nitrogens is 1. The predicted molar refractivity (Wildman–Crippen MR) is 101 cm³/mol. The number of carbonyl (C=O) groups is 1. The van der Waals surface area contributed by atoms with Crippen molar-refractivity contribution in [3.05, 3.63) is 59.8 Å². The Labute approximate surface area is 162 Å². The Morgan fingerprint density at radius 2 is 1.93 bits per heavy atom. The SMILES string of the molecule is O=C(OCc1cccc(S(=O)(=O)N2CCOCC2)c1)c1n[nH]c2ccccc12. The fraction of sp³-hybridized carbons (Fsp3) is 0.263. The summed E-state index contributed by atoms with van der Waals surface area (Å²) >= 11 is 0. The summed E-state index contributed by atoms with van der Waals surface area (Å²) in [5.74, 6) is -0.570. The highest BCUT2D eigenvalue weighted by molar-refractivity contribution is 7.89. The Balaban J connectivity index is 1.48. The molecule has 0 aliphatic carbocycles. The number of rotatable bonds is 5. The molecule has 4 rings (SSSR count). The summed E-state index contributed by atoms with van der Waals surface area (Å²) in [6.07, 6.45) is 0. The van der Waals surface area contributed by atoms with E-state index in [0.717, 1.165) is 5.52 Å². The molecule has 1 aliphatic rings. The first kappa shape index (κ1) is 18.6. The number of esters is 1. The molecule has 28 heavy (non-hydrogen) atoms. The Hall–Kier alpha value is -2.75. The van der Waals surface area contributed by atoms with Crippen molar-refractivity contribution in [1.82, 2.24) is 14.5 Å². The number of sulfonamides is 1. The van der Waals surface area contributed by atoms with Gasteiger partial charge in [-0.1, -0.05) is 30.3 Å². The van der Waals surface area contributed by atoms with Crippen LogP contribution in [0.15, 0.2) is 53.4 Å². The van der Waals surface area contributed by atoms with Crippen LogP contribution in [0.3, 0.4) is 0 Å². The second kappa shape index (κ2) is 7.70. The molecule has 0 unspecified atom stereocenters. The predicted octanol–water partition coefficient (Wildman–Crippen LogP) is 1.94. The summed E-state index contributed by atoms with van der Waals surface area (Å²) < 4.78 is 37.5. The summed E-state index contributed by atoms with van der Waals surface area (Å²) in [7, 11) is -3.60. The maximum Gasteiger partial charge on any atom is 0.359 e. The molecule has 1 fully saturated rings. The smallest absolute Gasteiger partial charge is 0.359 e. The van der Waals surface area contributed by atoms with Gasteiger partial charge in [-0.25, -0.2) is 13.2 Å². The zero-order valence-electron chi connectivity index (χ0n) is 15.0. The first-order chi connectivity index (χ1) is 13.6. The van der Waals surface area contributed by atoms with Gasteiger partial charge < -0.3 is 9.47 Å². The second-order valence-electron chi connectivity index (χ2n) is 6.36. The van der Waals surface area contributed by atoms with Crippen molar-refractivity contribution in [3.63, 3.8) is 0 Å². The molecule has 3 aromatic rings. The van der Waals surface area contributed by atoms with Crippen LogP contribution in [0.1, 0.15) is 16.1 Å². The number of para-hydroxylation sites is 1. The van der Waals surface area contributed by atoms with E-state index in [-0.39, 0.29) is 17.2 Å². The quantitative estimate of drug-likeness (QED) is 0.656. The molecular weight excluding hydrogens is 382 g/mol. The lowest BCUT2D eigenvalue weighted by Gasteiger charge is -2.26. The minimum atomic E-state index is -3.60. The van der Waals surface area contributed by atoms with E-state index < -0.39 is 16.0 Å². The summed E-state index contributed by atoms with van der Waals surface area (Å²) in [4.78, 5) is 12.6. The molecule has 1 saturated heterocycles. The summed E-state index contributed by atoms with van der Waals surface area (Å²) in [5, 5.41) is 7.48. The number of ether oxygens (including phenoxy) is 2. The number of carbonyl (C=O) groups excluding carboxylic acids is 1. The molecular formula is C19H19N3O5S. The van der Waals surface area contributed by atoms with E-state index in [0.29, 0.717) is 37.3 Å². The average molecular weight is 401 g/mol. The van der Waals surface area contributed by atoms with E-state index in [1.54, 1.807) is 18.2 Å². The van der Waals surface area contributed by atoms with Crippen LogP contribution in [-0.2, 0) is 26.1 Å². The molecule has 0 bridgehead atoms. The van der Waals surface area contributed by atoms with E-state index in [1.165, 1.54) is 16.4 Å². The molecule has 1 aromatic heterocycles. The van der Waals surface area contributed by atoms with Gasteiger partial charge >= 0.3 is 5.97 Å². The maximum atomic E-state index is 12.8. The zero-order valence-corrected chi connectivity index (χ0v) is 15.8. The van der Waals surface area contributed by atoms with Gasteiger partial charge in [0.05, 0.1) is 23.6 Å². The van der Waals surface area contributed by atoms with Crippen molar-refractivity contribution in [2.45, 2.75) is 11.5 Å². The summed E-state index contributed by atoms with van der Waals surface area (Å²) in [6.45, 7) is 1.37. The Kier molecular flexibility index (Phi) is 5.12. The highest BCUT2D eigenvalue weighted by Gasteiger charge is 2.26. The largest absolute Gasteiger partial charge is 0.456 e. The first-order valence-corrected chi connectivity index (χ1v) is 10.3. The van der Waals surface area contributed by atoms with Crippen LogP contribution >= 0.6 is 0 Å². The minimum Gasteiger partial charge on any atom is -0.456 e. The second-order valence-corrected chi connectivity index (χ2v) is 8.30. The molecule has 0 amide bonds. The Bertz CT molecular complexity index is 1100. The van der Waals surface area contributed by atoms with Crippen LogP contribution in [-0.4, -0.2) is 55.2 Å². The van der Waals surface area contributed by atoms with E-state index in [9.17, 15) is 13.2 Å². The topological polar surface area (TPSA) is 102 Å². The van der Waals surface area contributed by atoms with Gasteiger partial charge in [-0.05, 0) is 23.8 Å². The Morgan fingerprint density at radius 1 is 1.14 bits per heavy atom. The van der Waals surface area contributed by atoms with Crippen molar-refractivity contribution < 1.29 is 22.7 Å². The van der Waals surface area contributed by atoms with Crippen molar-refractivity contribution in [2.75, 3.05) is 26.3 Å². The number of benzene rings is 2. The van der Waals surface area contributed by atoms with Crippen LogP contribution in [0.2, 0.25) is 0 Å². The van der Waals surface area contributed by atoms with Crippen molar-refractivity contribution in [3.8, 4) is 0 Å². The van der Waals surface area contributed by atoms with Crippen LogP contribution in [0.25, 0.3) is 10.9 Å². The van der Waals surface area contributed by atoms with Gasteiger partial charge in [-0.3, -0.25) is 5.10 Å². The van der Waals surface area contributed by atoms with E-state index in [2.05, 4.69) is 10.2 Å². The van der Waals surface area contributed by atoms with E-state index >= 15 is 0 Å². The maximum absolute atomic E-state index is 12.8. The first-order valence-electron chi connectivity index (χ1n) is 8.83. The lowest BCUT2D eigenvalue weighted by Crippen LogP contribution is -2.40. The number of nitrogens with one attached hydrogen (secondary N) is 1. The number of aromatic nitrogens is 2. The van der Waals surface area contributed by atoms with Gasteiger partial charge in [0.25, 0.3) is 0 Å². The number of nitrogens with zero attached hydrogens (tertiary/aromatic N) is 2. The van der Waals surface area contributed by atoms with Crippen LogP contribution in [0.5, 0.6) is 0 Å². The van der Waals surface area contributed by atoms with E-state index in [4.69, 9.17) is 9.47 Å². The van der Waals surface area contributed by atoms with Gasteiger partial charge in [0, 0.05) is 18.5 Å². The number of hydrogen-bond acceptors (Lipinski definition) is 6. The molecule has 8 nitrogen and oxygen atoms in total.